The summed E-state index contributed by atoms with van der Waals surface area (Å²) in [5.74, 6) is 0.756. The van der Waals surface area contributed by atoms with E-state index < -0.39 is 5.97 Å². The predicted molar refractivity (Wildman–Crippen MR) is 292 cm³/mol. The molecule has 5 heterocycles. The summed E-state index contributed by atoms with van der Waals surface area (Å²) in [6.45, 7) is 26.7. The van der Waals surface area contributed by atoms with Crippen molar-refractivity contribution in [2.75, 3.05) is 26.9 Å². The number of allylic oxidation sites excluding steroid dienone is 5. The van der Waals surface area contributed by atoms with E-state index in [2.05, 4.69) is 96.3 Å². The Morgan fingerprint density at radius 3 is 2.14 bits per heavy atom. The van der Waals surface area contributed by atoms with Crippen molar-refractivity contribution in [3.05, 3.63) is 93.4 Å². The van der Waals surface area contributed by atoms with Gasteiger partial charge < -0.3 is 29.9 Å². The number of hydrogen-bond acceptors (Lipinski definition) is 6. The van der Waals surface area contributed by atoms with Gasteiger partial charge in [0.2, 0.25) is 22.8 Å². The molecule has 72 heavy (non-hydrogen) atoms. The zero-order valence-corrected chi connectivity index (χ0v) is 47.4. The third-order valence-electron chi connectivity index (χ3n) is 15.1. The minimum atomic E-state index is -0.482. The minimum Gasteiger partial charge on any atom is -0.664 e. The van der Waals surface area contributed by atoms with Crippen LogP contribution in [0.15, 0.2) is 42.5 Å². The fourth-order valence-corrected chi connectivity index (χ4v) is 10.5. The second-order valence-electron chi connectivity index (χ2n) is 21.1. The number of nitrogens with zero attached hydrogens (tertiary/aromatic N) is 2. The SMILES string of the molecule is C=CC1=C(C)c2cc3[n-]c(c(CC(=O)OC)c4[nH+]c(cc5[n-]c(cc1[nH+]2)c(C)c5CC)C(C)=C4C(=O)NCCCCCO)C(CCC(=O)OC/C=C(\C)CCCC(C)CCCC(C)CCCC(C)C)C3C.[Mg+2]. The van der Waals surface area contributed by atoms with Gasteiger partial charge in [0.25, 0.3) is 5.91 Å². The first-order chi connectivity index (χ1) is 34.0. The monoisotopic (exact) mass is 998 g/mol. The summed E-state index contributed by atoms with van der Waals surface area (Å²) in [6, 6.07) is 6.13. The van der Waals surface area contributed by atoms with Crippen molar-refractivity contribution in [2.45, 2.75) is 184 Å². The Labute approximate surface area is 447 Å². The maximum atomic E-state index is 14.5. The molecule has 0 spiro atoms. The summed E-state index contributed by atoms with van der Waals surface area (Å²) in [4.78, 5) is 59.4. The van der Waals surface area contributed by atoms with Crippen molar-refractivity contribution in [2.24, 2.45) is 17.8 Å². The first-order valence-electron chi connectivity index (χ1n) is 26.9. The van der Waals surface area contributed by atoms with E-state index in [4.69, 9.17) is 19.4 Å². The molecule has 388 valence electrons. The normalized spacial score (nSPS) is 16.1. The Balaban J connectivity index is 0.0000112. The predicted octanol–water partition coefficient (Wildman–Crippen LogP) is 11.3. The average Bonchev–Trinajstić information content (AvgIpc) is 4.02. The van der Waals surface area contributed by atoms with E-state index in [1.165, 1.54) is 57.6 Å². The minimum absolute atomic E-state index is 0. The molecule has 12 heteroatoms. The van der Waals surface area contributed by atoms with Crippen LogP contribution in [0.5, 0.6) is 0 Å². The van der Waals surface area contributed by atoms with E-state index in [9.17, 15) is 19.5 Å². The Morgan fingerprint density at radius 1 is 0.819 bits per heavy atom. The number of carbonyl (C=O) groups excluding carboxylic acids is 3. The zero-order valence-electron chi connectivity index (χ0n) is 46.0. The number of rotatable bonds is 27. The topological polar surface area (TPSA) is 158 Å². The average molecular weight is 999 g/mol. The number of nitrogens with one attached hydrogen (secondary N) is 3. The van der Waals surface area contributed by atoms with Gasteiger partial charge in [-0.15, -0.1) is 22.4 Å². The van der Waals surface area contributed by atoms with E-state index in [-0.39, 0.29) is 72.8 Å². The number of unbranched alkanes of at least 4 members (excludes halogenated alkanes) is 2. The summed E-state index contributed by atoms with van der Waals surface area (Å²) in [6.07, 6.45) is 18.4. The van der Waals surface area contributed by atoms with Gasteiger partial charge in [0.1, 0.15) is 12.2 Å². The first kappa shape index (κ1) is 60.0. The molecule has 2 aromatic heterocycles. The Morgan fingerprint density at radius 2 is 1.49 bits per heavy atom. The number of carbonyl (C=O) groups is 3. The van der Waals surface area contributed by atoms with Crippen molar-refractivity contribution >= 4 is 74.2 Å². The van der Waals surface area contributed by atoms with E-state index >= 15 is 0 Å². The van der Waals surface area contributed by atoms with Crippen LogP contribution in [0.25, 0.3) is 33.3 Å². The van der Waals surface area contributed by atoms with Crippen molar-refractivity contribution in [1.29, 1.82) is 0 Å². The maximum Gasteiger partial charge on any atom is 2.00 e. The molecule has 1 amide bonds. The molecule has 0 aromatic carbocycles. The van der Waals surface area contributed by atoms with Gasteiger partial charge in [-0.05, 0) is 127 Å². The van der Waals surface area contributed by atoms with Gasteiger partial charge in [0, 0.05) is 36.3 Å². The van der Waals surface area contributed by atoms with Crippen molar-refractivity contribution in [3.8, 4) is 0 Å². The molecular formula is C60H87MgN5O6+2. The van der Waals surface area contributed by atoms with Gasteiger partial charge in [0.05, 0.1) is 19.1 Å². The molecule has 4 N–H and O–H groups in total. The van der Waals surface area contributed by atoms with Gasteiger partial charge in [-0.25, -0.2) is 9.97 Å². The molecule has 0 aliphatic carbocycles. The van der Waals surface area contributed by atoms with E-state index in [0.29, 0.717) is 65.5 Å². The molecule has 3 aliphatic rings. The number of methoxy groups -OCH3 is 1. The number of aromatic nitrogens is 4. The zero-order chi connectivity index (χ0) is 51.8. The van der Waals surface area contributed by atoms with Crippen LogP contribution in [-0.2, 0) is 36.7 Å². The van der Waals surface area contributed by atoms with Crippen LogP contribution in [-0.4, -0.2) is 72.9 Å². The van der Waals surface area contributed by atoms with Crippen LogP contribution >= 0.6 is 0 Å². The van der Waals surface area contributed by atoms with Crippen molar-refractivity contribution < 1.29 is 38.9 Å². The summed E-state index contributed by atoms with van der Waals surface area (Å²) < 4.78 is 11.2. The number of H-pyrrole nitrogens is 2. The number of aromatic amines is 2. The standard InChI is InChI=1S/C60H86N5O6.Mg/c1-13-45-41(8)49-34-51-43(10)47(27-28-55(67)71-32-29-40(7)26-20-25-39(6)24-19-23-38(5)22-18-21-37(3)4)58(64-51)48(33-56(68)70-12)59-57(60(69)61-30-16-15-17-31-66)44(11)52(65-59)36-54-46(14-2)42(9)50(63-54)35-53(45)62-49;/h13,29,34-39,43,47,66H,1,14-28,30-33H2,2-12H3,(H2-,61,62,63,64,65,69);/q-1;+2/p+1/b40-29+;. The second-order valence-corrected chi connectivity index (χ2v) is 21.1. The molecule has 4 atom stereocenters. The number of hydrogen-bond donors (Lipinski definition) is 2. The number of amides is 1. The molecule has 4 unspecified atom stereocenters. The fraction of sp³-hybridized carbons (Fsp3) is 0.583. The fourth-order valence-electron chi connectivity index (χ4n) is 10.5. The van der Waals surface area contributed by atoms with E-state index in [0.717, 1.165) is 87.9 Å². The van der Waals surface area contributed by atoms with Crippen LogP contribution in [0.3, 0.4) is 0 Å². The van der Waals surface area contributed by atoms with Gasteiger partial charge in [0.15, 0.2) is 0 Å². The van der Waals surface area contributed by atoms with Crippen LogP contribution in [0.1, 0.15) is 215 Å². The molecule has 11 nitrogen and oxygen atoms in total. The van der Waals surface area contributed by atoms with Gasteiger partial charge in [-0.3, -0.25) is 14.4 Å². The number of fused-ring (bicyclic) bond motifs is 8. The molecular weight excluding hydrogens is 911 g/mol. The van der Waals surface area contributed by atoms with Crippen LogP contribution in [0.2, 0.25) is 0 Å². The van der Waals surface area contributed by atoms with E-state index in [1.54, 1.807) is 0 Å². The summed E-state index contributed by atoms with van der Waals surface area (Å²) in [5.41, 5.74) is 13.0. The third-order valence-corrected chi connectivity index (χ3v) is 15.1. The molecule has 2 aromatic rings. The first-order valence-corrected chi connectivity index (χ1v) is 26.9. The third kappa shape index (κ3) is 16.2. The van der Waals surface area contributed by atoms with Crippen molar-refractivity contribution in [3.63, 3.8) is 0 Å². The van der Waals surface area contributed by atoms with Crippen molar-refractivity contribution in [1.82, 2.24) is 15.3 Å². The van der Waals surface area contributed by atoms with E-state index in [1.807, 2.05) is 25.1 Å². The molecule has 8 bridgehead atoms. The summed E-state index contributed by atoms with van der Waals surface area (Å²) >= 11 is 0. The molecule has 0 saturated carbocycles. The van der Waals surface area contributed by atoms with Gasteiger partial charge in [-0.2, -0.15) is 0 Å². The quantitative estimate of drug-likeness (QED) is 0.0387. The molecule has 0 radical (unpaired) electrons. The van der Waals surface area contributed by atoms with Crippen LogP contribution in [0.4, 0.5) is 0 Å². The maximum absolute atomic E-state index is 14.5. The Hall–Kier alpha value is -4.52. The van der Waals surface area contributed by atoms with Gasteiger partial charge >= 0.3 is 35.0 Å². The second kappa shape index (κ2) is 29.4. The number of aryl methyl sites for hydroxylation is 2. The van der Waals surface area contributed by atoms with Gasteiger partial charge in [-0.1, -0.05) is 116 Å². The number of ether oxygens (including phenoxy) is 2. The molecule has 5 rings (SSSR count). The Kier molecular flexibility index (Phi) is 24.5. The summed E-state index contributed by atoms with van der Waals surface area (Å²) in [7, 11) is 1.36. The number of esters is 2. The van der Waals surface area contributed by atoms with Crippen LogP contribution in [0, 0.1) is 24.7 Å². The number of aliphatic hydroxyl groups excluding tert-OH is 1. The largest absolute Gasteiger partial charge is 2.00 e. The number of aliphatic hydroxyl groups is 1. The molecule has 0 saturated heterocycles. The molecule has 0 fully saturated rings. The summed E-state index contributed by atoms with van der Waals surface area (Å²) in [5, 5.41) is 12.5. The molecule has 3 aliphatic heterocycles. The smallest absolute Gasteiger partial charge is 0.664 e. The van der Waals surface area contributed by atoms with Crippen LogP contribution < -0.4 is 25.3 Å². The Bertz CT molecular complexity index is 2510.